The Morgan fingerprint density at radius 2 is 1.89 bits per heavy atom. The van der Waals surface area contributed by atoms with E-state index >= 15 is 0 Å². The van der Waals surface area contributed by atoms with Crippen LogP contribution in [-0.4, -0.2) is 37.2 Å². The van der Waals surface area contributed by atoms with Crippen molar-refractivity contribution in [2.45, 2.75) is 19.5 Å². The Morgan fingerprint density at radius 1 is 1.14 bits per heavy atom. The van der Waals surface area contributed by atoms with Gasteiger partial charge < -0.3 is 24.4 Å². The number of fused-ring (bicyclic) bond motifs is 1. The number of nitrogens with zero attached hydrogens (tertiary/aromatic N) is 1. The zero-order valence-electron chi connectivity index (χ0n) is 15.6. The molecule has 2 amide bonds. The van der Waals surface area contributed by atoms with E-state index in [-0.39, 0.29) is 30.9 Å². The maximum atomic E-state index is 12.5. The molecule has 2 aromatic carbocycles. The first-order valence-corrected chi connectivity index (χ1v) is 9.19. The molecule has 2 aliphatic heterocycles. The van der Waals surface area contributed by atoms with Gasteiger partial charge in [0.05, 0.1) is 13.0 Å². The molecule has 1 fully saturated rings. The molecule has 7 nitrogen and oxygen atoms in total. The smallest absolute Gasteiger partial charge is 0.231 e. The molecule has 2 heterocycles. The summed E-state index contributed by atoms with van der Waals surface area (Å²) in [5.41, 5.74) is 1.94. The summed E-state index contributed by atoms with van der Waals surface area (Å²) in [6.07, 6.45) is 0.235. The number of benzene rings is 2. The largest absolute Gasteiger partial charge is 0.497 e. The van der Waals surface area contributed by atoms with Gasteiger partial charge in [-0.05, 0) is 35.4 Å². The third-order valence-electron chi connectivity index (χ3n) is 5.02. The van der Waals surface area contributed by atoms with Crippen molar-refractivity contribution in [3.8, 4) is 17.2 Å². The van der Waals surface area contributed by atoms with Crippen LogP contribution in [0.3, 0.4) is 0 Å². The molecule has 0 aliphatic carbocycles. The molecule has 0 bridgehead atoms. The monoisotopic (exact) mass is 382 g/mol. The number of hydrogen-bond donors (Lipinski definition) is 1. The molecule has 1 saturated heterocycles. The molecule has 2 aromatic rings. The lowest BCUT2D eigenvalue weighted by Gasteiger charge is -2.17. The van der Waals surface area contributed by atoms with Crippen LogP contribution in [0.2, 0.25) is 0 Å². The van der Waals surface area contributed by atoms with Gasteiger partial charge in [-0.15, -0.1) is 0 Å². The molecule has 0 aromatic heterocycles. The van der Waals surface area contributed by atoms with Crippen LogP contribution in [0.25, 0.3) is 0 Å². The summed E-state index contributed by atoms with van der Waals surface area (Å²) < 4.78 is 15.8. The standard InChI is InChI=1S/C21H22N2O5/c1-26-17-5-2-14(3-6-17)10-22-21(25)16-9-20(24)23(12-16)11-15-4-7-18-19(8-15)28-13-27-18/h2-8,16H,9-13H2,1H3,(H,22,25). The van der Waals surface area contributed by atoms with Crippen molar-refractivity contribution in [2.24, 2.45) is 5.92 Å². The number of rotatable bonds is 6. The highest BCUT2D eigenvalue weighted by atomic mass is 16.7. The number of hydrogen-bond acceptors (Lipinski definition) is 5. The van der Waals surface area contributed by atoms with E-state index in [1.165, 1.54) is 0 Å². The fourth-order valence-electron chi connectivity index (χ4n) is 3.44. The second-order valence-corrected chi connectivity index (χ2v) is 6.93. The van der Waals surface area contributed by atoms with E-state index in [0.717, 1.165) is 16.9 Å². The minimum Gasteiger partial charge on any atom is -0.497 e. The predicted molar refractivity (Wildman–Crippen MR) is 101 cm³/mol. The zero-order valence-corrected chi connectivity index (χ0v) is 15.6. The fourth-order valence-corrected chi connectivity index (χ4v) is 3.44. The topological polar surface area (TPSA) is 77.1 Å². The van der Waals surface area contributed by atoms with Gasteiger partial charge in [0.2, 0.25) is 18.6 Å². The van der Waals surface area contributed by atoms with Crippen LogP contribution in [0, 0.1) is 5.92 Å². The quantitative estimate of drug-likeness (QED) is 0.828. The van der Waals surface area contributed by atoms with Crippen molar-refractivity contribution in [3.63, 3.8) is 0 Å². The highest BCUT2D eigenvalue weighted by Gasteiger charge is 2.34. The van der Waals surface area contributed by atoms with Gasteiger partial charge in [-0.2, -0.15) is 0 Å². The molecule has 0 spiro atoms. The number of carbonyl (C=O) groups is 2. The summed E-state index contributed by atoms with van der Waals surface area (Å²) in [6.45, 7) is 1.52. The lowest BCUT2D eigenvalue weighted by atomic mass is 10.1. The van der Waals surface area contributed by atoms with Crippen LogP contribution in [-0.2, 0) is 22.7 Å². The predicted octanol–water partition coefficient (Wildman–Crippen LogP) is 2.09. The summed E-state index contributed by atoms with van der Waals surface area (Å²) in [7, 11) is 1.61. The Bertz CT molecular complexity index is 881. The summed E-state index contributed by atoms with van der Waals surface area (Å²) in [5, 5.41) is 2.92. The zero-order chi connectivity index (χ0) is 19.5. The molecule has 7 heteroatoms. The molecule has 1 atom stereocenters. The highest BCUT2D eigenvalue weighted by Crippen LogP contribution is 2.33. The third-order valence-corrected chi connectivity index (χ3v) is 5.02. The first-order chi connectivity index (χ1) is 13.6. The van der Waals surface area contributed by atoms with Crippen LogP contribution in [0.1, 0.15) is 17.5 Å². The van der Waals surface area contributed by atoms with Gasteiger partial charge in [0.15, 0.2) is 11.5 Å². The number of carbonyl (C=O) groups excluding carboxylic acids is 2. The molecule has 1 N–H and O–H groups in total. The van der Waals surface area contributed by atoms with E-state index in [9.17, 15) is 9.59 Å². The van der Waals surface area contributed by atoms with Gasteiger partial charge in [-0.25, -0.2) is 0 Å². The SMILES string of the molecule is COc1ccc(CNC(=O)C2CC(=O)N(Cc3ccc4c(c3)OCO4)C2)cc1. The lowest BCUT2D eigenvalue weighted by molar-refractivity contribution is -0.129. The Labute approximate surface area is 163 Å². The maximum absolute atomic E-state index is 12.5. The number of ether oxygens (including phenoxy) is 3. The van der Waals surface area contributed by atoms with Crippen molar-refractivity contribution in [1.29, 1.82) is 0 Å². The minimum absolute atomic E-state index is 0.0118. The van der Waals surface area contributed by atoms with E-state index in [2.05, 4.69) is 5.32 Å². The summed E-state index contributed by atoms with van der Waals surface area (Å²) in [5.74, 6) is 1.74. The summed E-state index contributed by atoms with van der Waals surface area (Å²) >= 11 is 0. The van der Waals surface area contributed by atoms with Gasteiger partial charge in [0.1, 0.15) is 5.75 Å². The molecule has 0 radical (unpaired) electrons. The third kappa shape index (κ3) is 3.88. The number of amides is 2. The van der Waals surface area contributed by atoms with Crippen molar-refractivity contribution < 1.29 is 23.8 Å². The molecule has 4 rings (SSSR count). The van der Waals surface area contributed by atoms with E-state index < -0.39 is 0 Å². The van der Waals surface area contributed by atoms with Crippen LogP contribution >= 0.6 is 0 Å². The molecular formula is C21H22N2O5. The average Bonchev–Trinajstić information content (AvgIpc) is 3.33. The van der Waals surface area contributed by atoms with Crippen LogP contribution < -0.4 is 19.5 Å². The molecular weight excluding hydrogens is 360 g/mol. The van der Waals surface area contributed by atoms with Crippen molar-refractivity contribution >= 4 is 11.8 Å². The van der Waals surface area contributed by atoms with Gasteiger partial charge in [0, 0.05) is 26.1 Å². The Morgan fingerprint density at radius 3 is 2.68 bits per heavy atom. The lowest BCUT2D eigenvalue weighted by Crippen LogP contribution is -2.32. The van der Waals surface area contributed by atoms with Gasteiger partial charge in [-0.3, -0.25) is 9.59 Å². The minimum atomic E-state index is -0.334. The van der Waals surface area contributed by atoms with Gasteiger partial charge in [0.25, 0.3) is 0 Å². The van der Waals surface area contributed by atoms with E-state index in [0.29, 0.717) is 31.1 Å². The summed E-state index contributed by atoms with van der Waals surface area (Å²) in [4.78, 5) is 26.6. The maximum Gasteiger partial charge on any atom is 0.231 e. The molecule has 2 aliphatic rings. The van der Waals surface area contributed by atoms with Crippen LogP contribution in [0.15, 0.2) is 42.5 Å². The Kier molecular flexibility index (Phi) is 5.06. The van der Waals surface area contributed by atoms with E-state index in [1.54, 1.807) is 12.0 Å². The first kappa shape index (κ1) is 18.2. The number of nitrogens with one attached hydrogen (secondary N) is 1. The molecule has 146 valence electrons. The fraction of sp³-hybridized carbons (Fsp3) is 0.333. The number of likely N-dealkylation sites (tertiary alicyclic amines) is 1. The van der Waals surface area contributed by atoms with Crippen LogP contribution in [0.4, 0.5) is 0 Å². The Balaban J connectivity index is 1.31. The normalized spacial score (nSPS) is 17.7. The average molecular weight is 382 g/mol. The van der Waals surface area contributed by atoms with Crippen molar-refractivity contribution in [1.82, 2.24) is 10.2 Å². The first-order valence-electron chi connectivity index (χ1n) is 9.19. The van der Waals surface area contributed by atoms with Crippen LogP contribution in [0.5, 0.6) is 17.2 Å². The van der Waals surface area contributed by atoms with E-state index in [4.69, 9.17) is 14.2 Å². The molecule has 1 unspecified atom stereocenters. The highest BCUT2D eigenvalue weighted by molar-refractivity contribution is 5.89. The molecule has 28 heavy (non-hydrogen) atoms. The van der Waals surface area contributed by atoms with Crippen molar-refractivity contribution in [3.05, 3.63) is 53.6 Å². The number of methoxy groups -OCH3 is 1. The van der Waals surface area contributed by atoms with Gasteiger partial charge in [-0.1, -0.05) is 18.2 Å². The van der Waals surface area contributed by atoms with Gasteiger partial charge >= 0.3 is 0 Å². The summed E-state index contributed by atoms with van der Waals surface area (Å²) in [6, 6.07) is 13.2. The van der Waals surface area contributed by atoms with Crippen molar-refractivity contribution in [2.75, 3.05) is 20.4 Å². The van der Waals surface area contributed by atoms with E-state index in [1.807, 2.05) is 42.5 Å². The Hall–Kier alpha value is -3.22. The second-order valence-electron chi connectivity index (χ2n) is 6.93. The molecule has 0 saturated carbocycles. The second kappa shape index (κ2) is 7.80.